The van der Waals surface area contributed by atoms with Gasteiger partial charge < -0.3 is 9.64 Å². The number of rotatable bonds is 4. The highest BCUT2D eigenvalue weighted by molar-refractivity contribution is 8.16. The average Bonchev–Trinajstić information content (AvgIpc) is 3.14. The molecule has 0 spiro atoms. The highest BCUT2D eigenvalue weighted by atomic mass is 35.5. The molecule has 0 bridgehead atoms. The molecule has 152 valence electrons. The summed E-state index contributed by atoms with van der Waals surface area (Å²) in [6.07, 6.45) is 0.147. The first-order valence-electron chi connectivity index (χ1n) is 9.01. The predicted octanol–water partition coefficient (Wildman–Crippen LogP) is 3.19. The second-order valence-electron chi connectivity index (χ2n) is 6.93. The van der Waals surface area contributed by atoms with Crippen LogP contribution in [0.15, 0.2) is 53.5 Å². The van der Waals surface area contributed by atoms with Crippen molar-refractivity contribution in [1.29, 1.82) is 0 Å². The lowest BCUT2D eigenvalue weighted by atomic mass is 10.1. The molecule has 2 aliphatic rings. The maximum atomic E-state index is 12.6. The van der Waals surface area contributed by atoms with Gasteiger partial charge in [0.25, 0.3) is 5.91 Å². The zero-order valence-electron chi connectivity index (χ0n) is 15.6. The third-order valence-electron chi connectivity index (χ3n) is 4.90. The summed E-state index contributed by atoms with van der Waals surface area (Å²) in [5, 5.41) is 0.959. The van der Waals surface area contributed by atoms with Crippen LogP contribution in [-0.2, 0) is 21.1 Å². The first-order valence-corrected chi connectivity index (χ1v) is 12.1. The van der Waals surface area contributed by atoms with Crippen LogP contribution in [0.2, 0.25) is 5.02 Å². The smallest absolute Gasteiger partial charge is 0.252 e. The Morgan fingerprint density at radius 2 is 1.93 bits per heavy atom. The molecular weight excluding hydrogens is 432 g/mol. The Morgan fingerprint density at radius 1 is 1.21 bits per heavy atom. The Morgan fingerprint density at radius 3 is 2.66 bits per heavy atom. The van der Waals surface area contributed by atoms with Gasteiger partial charge in [-0.2, -0.15) is 4.99 Å². The molecule has 29 heavy (non-hydrogen) atoms. The third kappa shape index (κ3) is 4.29. The van der Waals surface area contributed by atoms with E-state index in [9.17, 15) is 13.2 Å². The quantitative estimate of drug-likeness (QED) is 0.712. The Bertz CT molecular complexity index is 1070. The van der Waals surface area contributed by atoms with Crippen molar-refractivity contribution in [2.45, 2.75) is 17.7 Å². The molecule has 2 aromatic rings. The standard InChI is InChI=1S/C20H19ClN2O4S2/c1-27-17-5-3-2-4-15(17)23-16-11-29(25,26)12-18(16)28-20(23)22-19(24)10-13-6-8-14(21)9-7-13/h2-9,16,18H,10-12H2,1H3/t16-,18+/m0/s1. The molecule has 9 heteroatoms. The van der Waals surface area contributed by atoms with E-state index in [1.807, 2.05) is 29.2 Å². The number of benzene rings is 2. The number of thioether (sulfide) groups is 1. The SMILES string of the molecule is COc1ccccc1N1C(=NC(=O)Cc2ccc(Cl)cc2)S[C@@H]2CS(=O)(=O)C[C@@H]21. The minimum atomic E-state index is -3.13. The summed E-state index contributed by atoms with van der Waals surface area (Å²) in [5.41, 5.74) is 1.53. The summed E-state index contributed by atoms with van der Waals surface area (Å²) in [5.74, 6) is 0.430. The number of sulfone groups is 1. The molecule has 2 aliphatic heterocycles. The van der Waals surface area contributed by atoms with Gasteiger partial charge in [0.2, 0.25) is 0 Å². The molecule has 4 rings (SSSR count). The van der Waals surface area contributed by atoms with Crippen LogP contribution in [0.3, 0.4) is 0 Å². The monoisotopic (exact) mass is 450 g/mol. The summed E-state index contributed by atoms with van der Waals surface area (Å²) in [7, 11) is -1.56. The second-order valence-corrected chi connectivity index (χ2v) is 10.7. The first kappa shape index (κ1) is 20.3. The molecule has 6 nitrogen and oxygen atoms in total. The van der Waals surface area contributed by atoms with E-state index >= 15 is 0 Å². The van der Waals surface area contributed by atoms with Crippen LogP contribution in [-0.4, -0.2) is 49.4 Å². The van der Waals surface area contributed by atoms with Crippen LogP contribution < -0.4 is 9.64 Å². The number of aliphatic imine (C=N–C) groups is 1. The molecule has 0 aliphatic carbocycles. The summed E-state index contributed by atoms with van der Waals surface area (Å²) in [4.78, 5) is 18.8. The lowest BCUT2D eigenvalue weighted by molar-refractivity contribution is -0.117. The van der Waals surface area contributed by atoms with E-state index in [0.29, 0.717) is 21.6 Å². The summed E-state index contributed by atoms with van der Waals surface area (Å²) < 4.78 is 29.8. The topological polar surface area (TPSA) is 76.0 Å². The van der Waals surface area contributed by atoms with Crippen molar-refractivity contribution >= 4 is 50.0 Å². The minimum Gasteiger partial charge on any atom is -0.495 e. The maximum Gasteiger partial charge on any atom is 0.252 e. The maximum absolute atomic E-state index is 12.6. The van der Waals surface area contributed by atoms with Crippen molar-refractivity contribution in [3.05, 3.63) is 59.1 Å². The van der Waals surface area contributed by atoms with Gasteiger partial charge in [0.1, 0.15) is 5.75 Å². The lowest BCUT2D eigenvalue weighted by Crippen LogP contribution is -2.38. The predicted molar refractivity (Wildman–Crippen MR) is 117 cm³/mol. The van der Waals surface area contributed by atoms with Gasteiger partial charge in [0.05, 0.1) is 36.8 Å². The van der Waals surface area contributed by atoms with E-state index in [-0.39, 0.29) is 35.1 Å². The second kappa shape index (κ2) is 8.01. The van der Waals surface area contributed by atoms with Gasteiger partial charge in [-0.1, -0.05) is 47.6 Å². The largest absolute Gasteiger partial charge is 0.495 e. The van der Waals surface area contributed by atoms with E-state index in [1.54, 1.807) is 31.4 Å². The zero-order chi connectivity index (χ0) is 20.6. The van der Waals surface area contributed by atoms with Crippen LogP contribution in [0.5, 0.6) is 5.75 Å². The highest BCUT2D eigenvalue weighted by Gasteiger charge is 2.50. The van der Waals surface area contributed by atoms with E-state index in [2.05, 4.69) is 4.99 Å². The number of para-hydroxylation sites is 2. The fraction of sp³-hybridized carbons (Fsp3) is 0.300. The van der Waals surface area contributed by atoms with Crippen molar-refractivity contribution in [2.75, 3.05) is 23.5 Å². The number of fused-ring (bicyclic) bond motifs is 1. The molecule has 1 amide bonds. The highest BCUT2D eigenvalue weighted by Crippen LogP contribution is 2.43. The Hall–Kier alpha value is -2.03. The van der Waals surface area contributed by atoms with Crippen LogP contribution in [0.1, 0.15) is 5.56 Å². The molecule has 0 saturated carbocycles. The van der Waals surface area contributed by atoms with E-state index in [0.717, 1.165) is 5.56 Å². The molecule has 2 atom stereocenters. The summed E-state index contributed by atoms with van der Waals surface area (Å²) in [6, 6.07) is 14.1. The van der Waals surface area contributed by atoms with E-state index < -0.39 is 9.84 Å². The number of nitrogens with zero attached hydrogens (tertiary/aromatic N) is 2. The molecule has 0 radical (unpaired) electrons. The zero-order valence-corrected chi connectivity index (χ0v) is 18.0. The number of ether oxygens (including phenoxy) is 1. The Kier molecular flexibility index (Phi) is 5.59. The number of halogens is 1. The molecule has 0 unspecified atom stereocenters. The molecule has 0 aromatic heterocycles. The molecule has 2 saturated heterocycles. The number of methoxy groups -OCH3 is 1. The Labute approximate surface area is 178 Å². The molecule has 0 N–H and O–H groups in total. The van der Waals surface area contributed by atoms with Gasteiger partial charge in [-0.15, -0.1) is 0 Å². The van der Waals surface area contributed by atoms with Crippen molar-refractivity contribution < 1.29 is 17.9 Å². The van der Waals surface area contributed by atoms with Crippen molar-refractivity contribution in [3.8, 4) is 5.75 Å². The average molecular weight is 451 g/mol. The normalized spacial score (nSPS) is 23.9. The number of hydrogen-bond acceptors (Lipinski definition) is 5. The van der Waals surface area contributed by atoms with Crippen LogP contribution in [0, 0.1) is 0 Å². The van der Waals surface area contributed by atoms with Gasteiger partial charge >= 0.3 is 0 Å². The number of hydrogen-bond donors (Lipinski definition) is 0. The van der Waals surface area contributed by atoms with Gasteiger partial charge in [-0.25, -0.2) is 8.42 Å². The lowest BCUT2D eigenvalue weighted by Gasteiger charge is -2.26. The van der Waals surface area contributed by atoms with Gasteiger partial charge in [-0.3, -0.25) is 4.79 Å². The van der Waals surface area contributed by atoms with Gasteiger partial charge in [0, 0.05) is 10.3 Å². The van der Waals surface area contributed by atoms with Crippen LogP contribution in [0.25, 0.3) is 0 Å². The fourth-order valence-electron chi connectivity index (χ4n) is 3.60. The van der Waals surface area contributed by atoms with Crippen LogP contribution >= 0.6 is 23.4 Å². The van der Waals surface area contributed by atoms with E-state index in [4.69, 9.17) is 16.3 Å². The fourth-order valence-corrected chi connectivity index (χ4v) is 7.65. The Balaban J connectivity index is 1.66. The van der Waals surface area contributed by atoms with E-state index in [1.165, 1.54) is 11.8 Å². The number of anilines is 1. The number of carbonyl (C=O) groups excluding carboxylic acids is 1. The van der Waals surface area contributed by atoms with Gasteiger partial charge in [0.15, 0.2) is 15.0 Å². The first-order chi connectivity index (χ1) is 13.9. The van der Waals surface area contributed by atoms with Crippen molar-refractivity contribution in [3.63, 3.8) is 0 Å². The number of carbonyl (C=O) groups is 1. The number of amides is 1. The molecule has 2 heterocycles. The third-order valence-corrected chi connectivity index (χ3v) is 8.36. The molecule has 2 aromatic carbocycles. The number of amidine groups is 1. The van der Waals surface area contributed by atoms with Crippen molar-refractivity contribution in [2.24, 2.45) is 4.99 Å². The van der Waals surface area contributed by atoms with Crippen LogP contribution in [0.4, 0.5) is 5.69 Å². The minimum absolute atomic E-state index is 0.0348. The van der Waals surface area contributed by atoms with Crippen molar-refractivity contribution in [1.82, 2.24) is 0 Å². The molecular formula is C20H19ClN2O4S2. The summed E-state index contributed by atoms with van der Waals surface area (Å²) >= 11 is 7.24. The van der Waals surface area contributed by atoms with Gasteiger partial charge in [-0.05, 0) is 29.8 Å². The summed E-state index contributed by atoms with van der Waals surface area (Å²) in [6.45, 7) is 0. The molecule has 2 fully saturated rings.